The standard InChI is InChI=1S/C17H17ClN2O/c1-2-5-14-10-13(11-16(18)19-14)17(21)20-9-8-12-6-3-4-7-15(12)20/h3-4,6-7,10-11H,2,5,8-9H2,1H3. The number of carbonyl (C=O) groups is 1. The van der Waals surface area contributed by atoms with Crippen LogP contribution in [0.5, 0.6) is 0 Å². The zero-order chi connectivity index (χ0) is 14.8. The first-order chi connectivity index (χ1) is 10.2. The number of nitrogens with zero attached hydrogens (tertiary/aromatic N) is 2. The van der Waals surface area contributed by atoms with Gasteiger partial charge in [0.15, 0.2) is 0 Å². The topological polar surface area (TPSA) is 33.2 Å². The molecule has 3 nitrogen and oxygen atoms in total. The molecule has 0 bridgehead atoms. The van der Waals surface area contributed by atoms with Crippen molar-refractivity contribution < 1.29 is 4.79 Å². The molecule has 0 saturated heterocycles. The minimum absolute atomic E-state index is 0.00148. The highest BCUT2D eigenvalue weighted by Gasteiger charge is 2.25. The van der Waals surface area contributed by atoms with E-state index >= 15 is 0 Å². The maximum Gasteiger partial charge on any atom is 0.258 e. The highest BCUT2D eigenvalue weighted by atomic mass is 35.5. The van der Waals surface area contributed by atoms with E-state index in [2.05, 4.69) is 18.0 Å². The van der Waals surface area contributed by atoms with Gasteiger partial charge >= 0.3 is 0 Å². The number of fused-ring (bicyclic) bond motifs is 1. The molecule has 0 N–H and O–H groups in total. The van der Waals surface area contributed by atoms with Crippen LogP contribution in [-0.2, 0) is 12.8 Å². The summed E-state index contributed by atoms with van der Waals surface area (Å²) in [5.74, 6) is 0.00148. The maximum absolute atomic E-state index is 12.8. The number of hydrogen-bond acceptors (Lipinski definition) is 2. The second-order valence-corrected chi connectivity index (χ2v) is 5.64. The summed E-state index contributed by atoms with van der Waals surface area (Å²) in [6.07, 6.45) is 2.72. The fourth-order valence-corrected chi connectivity index (χ4v) is 2.99. The van der Waals surface area contributed by atoms with E-state index in [1.807, 2.05) is 29.2 Å². The Morgan fingerprint density at radius 2 is 2.14 bits per heavy atom. The quantitative estimate of drug-likeness (QED) is 0.806. The Bertz CT molecular complexity index is 684. The normalized spacial score (nSPS) is 13.3. The van der Waals surface area contributed by atoms with Crippen LogP contribution in [0.3, 0.4) is 0 Å². The lowest BCUT2D eigenvalue weighted by Crippen LogP contribution is -2.29. The van der Waals surface area contributed by atoms with E-state index in [0.717, 1.165) is 37.2 Å². The Balaban J connectivity index is 1.93. The number of anilines is 1. The van der Waals surface area contributed by atoms with Gasteiger partial charge in [0.2, 0.25) is 0 Å². The third kappa shape index (κ3) is 2.79. The van der Waals surface area contributed by atoms with Crippen LogP contribution < -0.4 is 4.90 Å². The molecule has 1 aromatic heterocycles. The van der Waals surface area contributed by atoms with Crippen LogP contribution in [-0.4, -0.2) is 17.4 Å². The molecule has 3 rings (SSSR count). The van der Waals surface area contributed by atoms with Crippen LogP contribution in [0.15, 0.2) is 36.4 Å². The summed E-state index contributed by atoms with van der Waals surface area (Å²) in [5.41, 5.74) is 3.73. The zero-order valence-corrected chi connectivity index (χ0v) is 12.7. The van der Waals surface area contributed by atoms with Gasteiger partial charge in [-0.3, -0.25) is 4.79 Å². The predicted molar refractivity (Wildman–Crippen MR) is 85.1 cm³/mol. The van der Waals surface area contributed by atoms with E-state index in [9.17, 15) is 4.79 Å². The monoisotopic (exact) mass is 300 g/mol. The zero-order valence-electron chi connectivity index (χ0n) is 12.0. The fourth-order valence-electron chi connectivity index (χ4n) is 2.76. The average Bonchev–Trinajstić information content (AvgIpc) is 2.90. The molecule has 2 heterocycles. The summed E-state index contributed by atoms with van der Waals surface area (Å²) in [7, 11) is 0. The molecule has 0 unspecified atom stereocenters. The van der Waals surface area contributed by atoms with Crippen LogP contribution in [0.25, 0.3) is 0 Å². The average molecular weight is 301 g/mol. The van der Waals surface area contributed by atoms with Gasteiger partial charge in [0.1, 0.15) is 5.15 Å². The van der Waals surface area contributed by atoms with Crippen molar-refractivity contribution in [2.45, 2.75) is 26.2 Å². The Labute approximate surface area is 129 Å². The number of benzene rings is 1. The van der Waals surface area contributed by atoms with Crippen molar-refractivity contribution in [2.24, 2.45) is 0 Å². The lowest BCUT2D eigenvalue weighted by Gasteiger charge is -2.17. The van der Waals surface area contributed by atoms with Crippen LogP contribution in [0.2, 0.25) is 5.15 Å². The number of halogens is 1. The smallest absolute Gasteiger partial charge is 0.258 e. The molecule has 2 aromatic rings. The first-order valence-corrected chi connectivity index (χ1v) is 7.63. The minimum atomic E-state index is 0.00148. The largest absolute Gasteiger partial charge is 0.308 e. The molecule has 0 saturated carbocycles. The predicted octanol–water partition coefficient (Wildman–Crippen LogP) is 3.89. The van der Waals surface area contributed by atoms with Gasteiger partial charge in [-0.05, 0) is 36.6 Å². The number of aromatic nitrogens is 1. The first-order valence-electron chi connectivity index (χ1n) is 7.25. The van der Waals surface area contributed by atoms with Gasteiger partial charge in [-0.2, -0.15) is 0 Å². The van der Waals surface area contributed by atoms with Crippen LogP contribution >= 0.6 is 11.6 Å². The number of para-hydroxylation sites is 1. The van der Waals surface area contributed by atoms with Crippen LogP contribution in [0, 0.1) is 0 Å². The van der Waals surface area contributed by atoms with Crippen LogP contribution in [0.1, 0.15) is 35.0 Å². The van der Waals surface area contributed by atoms with Gasteiger partial charge in [-0.1, -0.05) is 43.1 Å². The van der Waals surface area contributed by atoms with E-state index < -0.39 is 0 Å². The van der Waals surface area contributed by atoms with Crippen molar-refractivity contribution in [2.75, 3.05) is 11.4 Å². The van der Waals surface area contributed by atoms with Gasteiger partial charge < -0.3 is 4.90 Å². The lowest BCUT2D eigenvalue weighted by atomic mass is 10.1. The molecule has 1 aliphatic rings. The molecule has 1 amide bonds. The van der Waals surface area contributed by atoms with Crippen molar-refractivity contribution in [1.82, 2.24) is 4.98 Å². The van der Waals surface area contributed by atoms with Gasteiger partial charge in [-0.15, -0.1) is 0 Å². The summed E-state index contributed by atoms with van der Waals surface area (Å²) in [6, 6.07) is 11.6. The molecule has 4 heteroatoms. The Morgan fingerprint density at radius 1 is 1.33 bits per heavy atom. The minimum Gasteiger partial charge on any atom is -0.308 e. The second-order valence-electron chi connectivity index (χ2n) is 5.26. The van der Waals surface area contributed by atoms with E-state index in [0.29, 0.717) is 10.7 Å². The Kier molecular flexibility index (Phi) is 3.93. The molecular formula is C17H17ClN2O. The van der Waals surface area contributed by atoms with Crippen molar-refractivity contribution >= 4 is 23.2 Å². The van der Waals surface area contributed by atoms with Gasteiger partial charge in [0.05, 0.1) is 0 Å². The first kappa shape index (κ1) is 14.1. The molecular weight excluding hydrogens is 284 g/mol. The number of aryl methyl sites for hydroxylation is 1. The van der Waals surface area contributed by atoms with E-state index in [1.54, 1.807) is 6.07 Å². The summed E-state index contributed by atoms with van der Waals surface area (Å²) in [6.45, 7) is 2.81. The summed E-state index contributed by atoms with van der Waals surface area (Å²) in [5, 5.41) is 0.386. The van der Waals surface area contributed by atoms with Crippen molar-refractivity contribution in [3.05, 3.63) is 58.4 Å². The third-order valence-corrected chi connectivity index (χ3v) is 3.93. The molecule has 0 atom stereocenters. The number of amides is 1. The number of rotatable bonds is 3. The molecule has 108 valence electrons. The molecule has 0 fully saturated rings. The molecule has 1 aromatic carbocycles. The molecule has 0 radical (unpaired) electrons. The third-order valence-electron chi connectivity index (χ3n) is 3.73. The Hall–Kier alpha value is -1.87. The van der Waals surface area contributed by atoms with Crippen molar-refractivity contribution in [1.29, 1.82) is 0 Å². The van der Waals surface area contributed by atoms with Crippen molar-refractivity contribution in [3.63, 3.8) is 0 Å². The fraction of sp³-hybridized carbons (Fsp3) is 0.294. The number of hydrogen-bond donors (Lipinski definition) is 0. The molecule has 0 spiro atoms. The second kappa shape index (κ2) is 5.86. The van der Waals surface area contributed by atoms with E-state index in [4.69, 9.17) is 11.6 Å². The summed E-state index contributed by atoms with van der Waals surface area (Å²) < 4.78 is 0. The number of carbonyl (C=O) groups excluding carboxylic acids is 1. The van der Waals surface area contributed by atoms with Crippen LogP contribution in [0.4, 0.5) is 5.69 Å². The Morgan fingerprint density at radius 3 is 2.95 bits per heavy atom. The highest BCUT2D eigenvalue weighted by molar-refractivity contribution is 6.30. The maximum atomic E-state index is 12.8. The summed E-state index contributed by atoms with van der Waals surface area (Å²) >= 11 is 6.05. The van der Waals surface area contributed by atoms with E-state index in [1.165, 1.54) is 5.56 Å². The SMILES string of the molecule is CCCc1cc(C(=O)N2CCc3ccccc32)cc(Cl)n1. The van der Waals surface area contributed by atoms with Gasteiger partial charge in [0.25, 0.3) is 5.91 Å². The number of pyridine rings is 1. The molecule has 1 aliphatic heterocycles. The lowest BCUT2D eigenvalue weighted by molar-refractivity contribution is 0.0989. The van der Waals surface area contributed by atoms with Gasteiger partial charge in [0, 0.05) is 23.5 Å². The van der Waals surface area contributed by atoms with Crippen molar-refractivity contribution in [3.8, 4) is 0 Å². The van der Waals surface area contributed by atoms with E-state index in [-0.39, 0.29) is 5.91 Å². The molecule has 0 aliphatic carbocycles. The van der Waals surface area contributed by atoms with Gasteiger partial charge in [-0.25, -0.2) is 4.98 Å². The highest BCUT2D eigenvalue weighted by Crippen LogP contribution is 2.29. The summed E-state index contributed by atoms with van der Waals surface area (Å²) in [4.78, 5) is 18.9. The molecule has 21 heavy (non-hydrogen) atoms.